The summed E-state index contributed by atoms with van der Waals surface area (Å²) in [5.74, 6) is 1.95. The van der Waals surface area contributed by atoms with Crippen molar-refractivity contribution in [2.45, 2.75) is 0 Å². The molecule has 0 aromatic carbocycles. The van der Waals surface area contributed by atoms with Gasteiger partial charge in [0.05, 0.1) is 25.3 Å². The molecule has 4 rings (SSSR count). The summed E-state index contributed by atoms with van der Waals surface area (Å²) in [7, 11) is 1.76. The molecule has 1 N–H and O–H groups in total. The van der Waals surface area contributed by atoms with E-state index in [4.69, 9.17) is 14.5 Å². The van der Waals surface area contributed by atoms with Crippen LogP contribution in [0.1, 0.15) is 0 Å². The molecule has 1 amide bonds. The van der Waals surface area contributed by atoms with E-state index in [0.29, 0.717) is 32.9 Å². The van der Waals surface area contributed by atoms with Crippen LogP contribution in [-0.2, 0) is 9.47 Å². The second-order valence-corrected chi connectivity index (χ2v) is 6.70. The normalized spacial score (nSPS) is 21.0. The van der Waals surface area contributed by atoms with E-state index in [1.165, 1.54) is 0 Å². The highest BCUT2D eigenvalue weighted by Crippen LogP contribution is 2.26. The Hall–Kier alpha value is -2.61. The smallest absolute Gasteiger partial charge is 0.409 e. The minimum atomic E-state index is -0.261. The maximum Gasteiger partial charge on any atom is 0.409 e. The Balaban J connectivity index is 1.55. The molecule has 1 unspecified atom stereocenters. The van der Waals surface area contributed by atoms with Crippen LogP contribution in [0.5, 0.6) is 0 Å². The number of nitrogens with one attached hydrogen (secondary N) is 1. The molecule has 4 heterocycles. The first-order valence-electron chi connectivity index (χ1n) is 8.91. The number of carbonyl (C=O) groups is 1. The third kappa shape index (κ3) is 3.50. The highest BCUT2D eigenvalue weighted by atomic mass is 16.6. The first-order chi connectivity index (χ1) is 12.7. The van der Waals surface area contributed by atoms with Crippen molar-refractivity contribution in [3.05, 3.63) is 24.4 Å². The van der Waals surface area contributed by atoms with Crippen LogP contribution in [0.15, 0.2) is 24.4 Å². The predicted octanol–water partition coefficient (Wildman–Crippen LogP) is 1.58. The van der Waals surface area contributed by atoms with Gasteiger partial charge in [0.15, 0.2) is 0 Å². The fourth-order valence-corrected chi connectivity index (χ4v) is 3.33. The number of pyridine rings is 2. The monoisotopic (exact) mass is 357 g/mol. The van der Waals surface area contributed by atoms with Crippen molar-refractivity contribution in [3.8, 4) is 0 Å². The second-order valence-electron chi connectivity index (χ2n) is 6.70. The Morgan fingerprint density at radius 3 is 3.00 bits per heavy atom. The van der Waals surface area contributed by atoms with E-state index >= 15 is 0 Å². The predicted molar refractivity (Wildman–Crippen MR) is 98.5 cm³/mol. The van der Waals surface area contributed by atoms with E-state index < -0.39 is 0 Å². The summed E-state index contributed by atoms with van der Waals surface area (Å²) >= 11 is 0. The van der Waals surface area contributed by atoms with Gasteiger partial charge >= 0.3 is 6.09 Å². The molecule has 26 heavy (non-hydrogen) atoms. The number of fused-ring (bicyclic) bond motifs is 1. The number of cyclic esters (lactones) is 1. The Morgan fingerprint density at radius 2 is 2.19 bits per heavy atom. The molecule has 1 atom stereocenters. The van der Waals surface area contributed by atoms with Crippen LogP contribution in [-0.4, -0.2) is 74.0 Å². The van der Waals surface area contributed by atoms with Crippen molar-refractivity contribution in [1.82, 2.24) is 14.9 Å². The minimum Gasteiger partial charge on any atom is -0.449 e. The lowest BCUT2D eigenvalue weighted by molar-refractivity contribution is 0.0566. The fourth-order valence-electron chi connectivity index (χ4n) is 3.33. The Labute approximate surface area is 152 Å². The van der Waals surface area contributed by atoms with Crippen LogP contribution in [0.4, 0.5) is 16.4 Å². The molecule has 0 bridgehead atoms. The molecule has 2 fully saturated rings. The molecule has 2 aromatic heterocycles. The van der Waals surface area contributed by atoms with E-state index in [1.807, 2.05) is 18.2 Å². The molecular formula is C18H23N5O3. The average molecular weight is 357 g/mol. The molecule has 8 nitrogen and oxygen atoms in total. The topological polar surface area (TPSA) is 79.8 Å². The fraction of sp³-hybridized carbons (Fsp3) is 0.500. The van der Waals surface area contributed by atoms with Gasteiger partial charge in [0.2, 0.25) is 0 Å². The molecule has 0 saturated carbocycles. The highest BCUT2D eigenvalue weighted by Gasteiger charge is 2.24. The first-order valence-corrected chi connectivity index (χ1v) is 8.91. The number of morpholine rings is 1. The van der Waals surface area contributed by atoms with E-state index in [1.54, 1.807) is 18.1 Å². The van der Waals surface area contributed by atoms with Crippen molar-refractivity contribution >= 4 is 28.6 Å². The lowest BCUT2D eigenvalue weighted by atomic mass is 10.1. The minimum absolute atomic E-state index is 0.221. The maximum atomic E-state index is 11.5. The zero-order valence-electron chi connectivity index (χ0n) is 14.9. The third-order valence-corrected chi connectivity index (χ3v) is 4.77. The Bertz CT molecular complexity index is 793. The van der Waals surface area contributed by atoms with E-state index in [2.05, 4.69) is 15.2 Å². The summed E-state index contributed by atoms with van der Waals surface area (Å²) in [5.41, 5.74) is 0.915. The molecule has 2 aromatic rings. The van der Waals surface area contributed by atoms with Crippen LogP contribution in [0.3, 0.4) is 0 Å². The molecule has 2 aliphatic rings. The van der Waals surface area contributed by atoms with Crippen LogP contribution in [0, 0.1) is 5.92 Å². The number of rotatable bonds is 4. The Morgan fingerprint density at radius 1 is 1.35 bits per heavy atom. The number of amides is 1. The van der Waals surface area contributed by atoms with Gasteiger partial charge in [-0.25, -0.2) is 9.78 Å². The molecule has 0 radical (unpaired) electrons. The van der Waals surface area contributed by atoms with Gasteiger partial charge in [-0.05, 0) is 12.1 Å². The number of ether oxygens (including phenoxy) is 2. The standard InChI is InChI=1S/C18H23N5O3/c1-22-11-13(12-26-18(22)24)10-20-17-14-3-2-4-19-15(14)9-16(21-17)23-5-7-25-8-6-23/h2-4,9,13H,5-8,10-12H2,1H3,(H,20,21). The van der Waals surface area contributed by atoms with Gasteiger partial charge in [-0.3, -0.25) is 4.98 Å². The van der Waals surface area contributed by atoms with Gasteiger partial charge in [-0.2, -0.15) is 0 Å². The lowest BCUT2D eigenvalue weighted by Gasteiger charge is -2.30. The van der Waals surface area contributed by atoms with Gasteiger partial charge in [0.25, 0.3) is 0 Å². The highest BCUT2D eigenvalue weighted by molar-refractivity contribution is 5.91. The molecule has 0 spiro atoms. The van der Waals surface area contributed by atoms with Crippen LogP contribution in [0.2, 0.25) is 0 Å². The van der Waals surface area contributed by atoms with Crippen molar-refractivity contribution in [2.75, 3.05) is 63.3 Å². The van der Waals surface area contributed by atoms with Crippen LogP contribution in [0.25, 0.3) is 10.9 Å². The maximum absolute atomic E-state index is 11.5. The summed E-state index contributed by atoms with van der Waals surface area (Å²) in [5, 5.41) is 4.44. The molecule has 8 heteroatoms. The quantitative estimate of drug-likeness (QED) is 0.890. The SMILES string of the molecule is CN1CC(CNc2nc(N3CCOCC3)cc3ncccc23)COC1=O. The van der Waals surface area contributed by atoms with Crippen molar-refractivity contribution in [2.24, 2.45) is 5.92 Å². The third-order valence-electron chi connectivity index (χ3n) is 4.77. The van der Waals surface area contributed by atoms with E-state index in [0.717, 1.165) is 35.6 Å². The van der Waals surface area contributed by atoms with Crippen LogP contribution < -0.4 is 10.2 Å². The van der Waals surface area contributed by atoms with Gasteiger partial charge in [0.1, 0.15) is 11.6 Å². The molecule has 2 saturated heterocycles. The molecular weight excluding hydrogens is 334 g/mol. The van der Waals surface area contributed by atoms with Gasteiger partial charge in [-0.15, -0.1) is 0 Å². The summed E-state index contributed by atoms with van der Waals surface area (Å²) < 4.78 is 10.6. The first kappa shape index (κ1) is 16.8. The van der Waals surface area contributed by atoms with Crippen molar-refractivity contribution < 1.29 is 14.3 Å². The second kappa shape index (κ2) is 7.33. The lowest BCUT2D eigenvalue weighted by Crippen LogP contribution is -2.42. The van der Waals surface area contributed by atoms with E-state index in [9.17, 15) is 4.79 Å². The summed E-state index contributed by atoms with van der Waals surface area (Å²) in [6.07, 6.45) is 1.54. The Kier molecular flexibility index (Phi) is 4.75. The number of nitrogens with zero attached hydrogens (tertiary/aromatic N) is 4. The zero-order valence-corrected chi connectivity index (χ0v) is 14.9. The van der Waals surface area contributed by atoms with E-state index in [-0.39, 0.29) is 12.0 Å². The number of aromatic nitrogens is 2. The largest absolute Gasteiger partial charge is 0.449 e. The van der Waals surface area contributed by atoms with Crippen LogP contribution >= 0.6 is 0 Å². The van der Waals surface area contributed by atoms with Gasteiger partial charge in [-0.1, -0.05) is 0 Å². The van der Waals surface area contributed by atoms with Crippen molar-refractivity contribution in [3.63, 3.8) is 0 Å². The number of hydrogen-bond donors (Lipinski definition) is 1. The van der Waals surface area contributed by atoms with Crippen molar-refractivity contribution in [1.29, 1.82) is 0 Å². The summed E-state index contributed by atoms with van der Waals surface area (Å²) in [6.45, 7) is 4.86. The zero-order chi connectivity index (χ0) is 17.9. The summed E-state index contributed by atoms with van der Waals surface area (Å²) in [4.78, 5) is 24.6. The molecule has 0 aliphatic carbocycles. The van der Waals surface area contributed by atoms with Gasteiger partial charge < -0.3 is 24.6 Å². The average Bonchev–Trinajstić information content (AvgIpc) is 2.69. The molecule has 2 aliphatic heterocycles. The summed E-state index contributed by atoms with van der Waals surface area (Å²) in [6, 6.07) is 5.97. The number of carbonyl (C=O) groups excluding carboxylic acids is 1. The molecule has 138 valence electrons. The van der Waals surface area contributed by atoms with Gasteiger partial charge in [0, 0.05) is 56.8 Å². The number of anilines is 2. The number of hydrogen-bond acceptors (Lipinski definition) is 7.